The van der Waals surface area contributed by atoms with Crippen molar-refractivity contribution >= 4 is 28.3 Å². The standard InChI is InChI=1S/C18H31N3O3S.ClH/c1-5-6-11-21(4)18(22)16-9-7-8-10-17(16)25(23,24)20-15(13-19)12-14(2)3;/h7-10,14-15,20H,5-6,11-13,19H2,1-4H3;1H. The maximum atomic E-state index is 12.8. The molecule has 0 aromatic heterocycles. The summed E-state index contributed by atoms with van der Waals surface area (Å²) >= 11 is 0. The number of carbonyl (C=O) groups excluding carboxylic acids is 1. The van der Waals surface area contributed by atoms with Crippen molar-refractivity contribution in [3.05, 3.63) is 29.8 Å². The highest BCUT2D eigenvalue weighted by atomic mass is 35.5. The molecule has 1 aromatic carbocycles. The summed E-state index contributed by atoms with van der Waals surface area (Å²) in [6.07, 6.45) is 2.48. The third kappa shape index (κ3) is 7.23. The fourth-order valence-corrected chi connectivity index (χ4v) is 4.09. The van der Waals surface area contributed by atoms with E-state index in [9.17, 15) is 13.2 Å². The normalized spacial score (nSPS) is 12.5. The van der Waals surface area contributed by atoms with Crippen LogP contribution in [0.1, 0.15) is 50.4 Å². The van der Waals surface area contributed by atoms with Gasteiger partial charge >= 0.3 is 0 Å². The largest absolute Gasteiger partial charge is 0.342 e. The van der Waals surface area contributed by atoms with Crippen LogP contribution in [0.4, 0.5) is 0 Å². The van der Waals surface area contributed by atoms with Crippen LogP contribution in [0.25, 0.3) is 0 Å². The summed E-state index contributed by atoms with van der Waals surface area (Å²) in [4.78, 5) is 14.2. The van der Waals surface area contributed by atoms with E-state index in [1.165, 1.54) is 6.07 Å². The van der Waals surface area contributed by atoms with E-state index in [2.05, 4.69) is 4.72 Å². The first-order valence-electron chi connectivity index (χ1n) is 8.79. The summed E-state index contributed by atoms with van der Waals surface area (Å²) in [6, 6.07) is 5.96. The topological polar surface area (TPSA) is 92.5 Å². The fraction of sp³-hybridized carbons (Fsp3) is 0.611. The van der Waals surface area contributed by atoms with E-state index in [-0.39, 0.29) is 41.4 Å². The summed E-state index contributed by atoms with van der Waals surface area (Å²) in [7, 11) is -2.13. The molecular weight excluding hydrogens is 374 g/mol. The molecule has 1 aromatic rings. The van der Waals surface area contributed by atoms with E-state index in [4.69, 9.17) is 5.73 Å². The number of hydrogen-bond acceptors (Lipinski definition) is 4. The van der Waals surface area contributed by atoms with Gasteiger partial charge in [0.1, 0.15) is 0 Å². The van der Waals surface area contributed by atoms with Gasteiger partial charge in [-0.15, -0.1) is 12.4 Å². The zero-order valence-corrected chi connectivity index (χ0v) is 17.7. The third-order valence-corrected chi connectivity index (χ3v) is 5.54. The number of rotatable bonds is 10. The summed E-state index contributed by atoms with van der Waals surface area (Å²) < 4.78 is 28.3. The van der Waals surface area contributed by atoms with Gasteiger partial charge in [0, 0.05) is 26.2 Å². The van der Waals surface area contributed by atoms with Crippen LogP contribution in [0.5, 0.6) is 0 Å². The molecule has 1 rings (SSSR count). The Labute approximate surface area is 164 Å². The molecule has 0 radical (unpaired) electrons. The molecule has 0 heterocycles. The van der Waals surface area contributed by atoms with Crippen LogP contribution < -0.4 is 10.5 Å². The molecule has 3 N–H and O–H groups in total. The number of nitrogens with zero attached hydrogens (tertiary/aromatic N) is 1. The number of halogens is 1. The lowest BCUT2D eigenvalue weighted by Crippen LogP contribution is -2.41. The van der Waals surface area contributed by atoms with E-state index < -0.39 is 10.0 Å². The second-order valence-corrected chi connectivity index (χ2v) is 8.44. The second kappa shape index (κ2) is 11.5. The van der Waals surface area contributed by atoms with Gasteiger partial charge < -0.3 is 10.6 Å². The summed E-state index contributed by atoms with van der Waals surface area (Å²) in [6.45, 7) is 6.87. The molecule has 0 aliphatic heterocycles. The number of hydrogen-bond donors (Lipinski definition) is 2. The monoisotopic (exact) mass is 405 g/mol. The lowest BCUT2D eigenvalue weighted by molar-refractivity contribution is 0.0789. The van der Waals surface area contributed by atoms with Crippen molar-refractivity contribution in [2.75, 3.05) is 20.1 Å². The zero-order chi connectivity index (χ0) is 19.0. The molecule has 0 spiro atoms. The van der Waals surface area contributed by atoms with Gasteiger partial charge in [-0.25, -0.2) is 13.1 Å². The number of benzene rings is 1. The molecule has 8 heteroatoms. The molecule has 1 atom stereocenters. The molecule has 0 fully saturated rings. The molecule has 0 saturated heterocycles. The Morgan fingerprint density at radius 1 is 1.27 bits per heavy atom. The summed E-state index contributed by atoms with van der Waals surface area (Å²) in [5, 5.41) is 0. The van der Waals surface area contributed by atoms with Crippen LogP contribution in [-0.2, 0) is 10.0 Å². The quantitative estimate of drug-likeness (QED) is 0.625. The van der Waals surface area contributed by atoms with Crippen LogP contribution >= 0.6 is 12.4 Å². The minimum Gasteiger partial charge on any atom is -0.342 e. The first-order valence-corrected chi connectivity index (χ1v) is 10.3. The molecule has 26 heavy (non-hydrogen) atoms. The van der Waals surface area contributed by atoms with E-state index in [0.29, 0.717) is 18.9 Å². The predicted octanol–water partition coefficient (Wildman–Crippen LogP) is 2.63. The lowest BCUT2D eigenvalue weighted by atomic mass is 10.1. The highest BCUT2D eigenvalue weighted by molar-refractivity contribution is 7.89. The minimum absolute atomic E-state index is 0. The van der Waals surface area contributed by atoms with Gasteiger partial charge in [-0.05, 0) is 30.9 Å². The summed E-state index contributed by atoms with van der Waals surface area (Å²) in [5.41, 5.74) is 5.89. The zero-order valence-electron chi connectivity index (χ0n) is 16.1. The van der Waals surface area contributed by atoms with Crippen molar-refractivity contribution in [2.45, 2.75) is 51.0 Å². The number of amides is 1. The lowest BCUT2D eigenvalue weighted by Gasteiger charge is -2.21. The Kier molecular flexibility index (Phi) is 11.0. The Morgan fingerprint density at radius 3 is 2.42 bits per heavy atom. The molecule has 150 valence electrons. The number of nitrogens with one attached hydrogen (secondary N) is 1. The maximum Gasteiger partial charge on any atom is 0.254 e. The Bertz CT molecular complexity index is 665. The second-order valence-electron chi connectivity index (χ2n) is 6.76. The van der Waals surface area contributed by atoms with Crippen LogP contribution in [0.15, 0.2) is 29.2 Å². The van der Waals surface area contributed by atoms with Crippen LogP contribution in [-0.4, -0.2) is 45.4 Å². The van der Waals surface area contributed by atoms with Gasteiger partial charge in [-0.2, -0.15) is 0 Å². The highest BCUT2D eigenvalue weighted by Gasteiger charge is 2.26. The van der Waals surface area contributed by atoms with Crippen molar-refractivity contribution in [1.29, 1.82) is 0 Å². The van der Waals surface area contributed by atoms with Crippen LogP contribution in [0, 0.1) is 5.92 Å². The molecule has 0 saturated carbocycles. The Hall–Kier alpha value is -1.15. The Morgan fingerprint density at radius 2 is 1.88 bits per heavy atom. The Balaban J connectivity index is 0.00000625. The van der Waals surface area contributed by atoms with Crippen LogP contribution in [0.3, 0.4) is 0 Å². The van der Waals surface area contributed by atoms with Crippen molar-refractivity contribution in [1.82, 2.24) is 9.62 Å². The smallest absolute Gasteiger partial charge is 0.254 e. The minimum atomic E-state index is -3.82. The molecule has 0 aliphatic carbocycles. The van der Waals surface area contributed by atoms with Gasteiger partial charge in [0.05, 0.1) is 10.5 Å². The van der Waals surface area contributed by atoms with E-state index in [1.54, 1.807) is 30.1 Å². The SMILES string of the molecule is CCCCN(C)C(=O)c1ccccc1S(=O)(=O)NC(CN)CC(C)C.Cl. The first kappa shape index (κ1) is 24.8. The fourth-order valence-electron chi connectivity index (χ4n) is 2.62. The van der Waals surface area contributed by atoms with E-state index >= 15 is 0 Å². The van der Waals surface area contributed by atoms with E-state index in [0.717, 1.165) is 12.8 Å². The van der Waals surface area contributed by atoms with Crippen molar-refractivity contribution in [2.24, 2.45) is 11.7 Å². The van der Waals surface area contributed by atoms with Gasteiger partial charge in [-0.1, -0.05) is 39.3 Å². The highest BCUT2D eigenvalue weighted by Crippen LogP contribution is 2.18. The molecule has 6 nitrogen and oxygen atoms in total. The number of unbranched alkanes of at least 4 members (excludes halogenated alkanes) is 1. The van der Waals surface area contributed by atoms with Gasteiger partial charge in [0.15, 0.2) is 0 Å². The van der Waals surface area contributed by atoms with Crippen molar-refractivity contribution < 1.29 is 13.2 Å². The van der Waals surface area contributed by atoms with Crippen molar-refractivity contribution in [3.63, 3.8) is 0 Å². The number of sulfonamides is 1. The predicted molar refractivity (Wildman–Crippen MR) is 108 cm³/mol. The molecule has 1 amide bonds. The number of nitrogens with two attached hydrogens (primary N) is 1. The summed E-state index contributed by atoms with van der Waals surface area (Å²) in [5.74, 6) is 0.0240. The first-order chi connectivity index (χ1) is 11.7. The van der Waals surface area contributed by atoms with Gasteiger partial charge in [0.25, 0.3) is 5.91 Å². The number of carbonyl (C=O) groups is 1. The molecule has 1 unspecified atom stereocenters. The van der Waals surface area contributed by atoms with Gasteiger partial charge in [0.2, 0.25) is 10.0 Å². The maximum absolute atomic E-state index is 12.8. The van der Waals surface area contributed by atoms with Crippen molar-refractivity contribution in [3.8, 4) is 0 Å². The third-order valence-electron chi connectivity index (χ3n) is 3.96. The molecular formula is C18H32ClN3O3S. The van der Waals surface area contributed by atoms with Gasteiger partial charge in [-0.3, -0.25) is 4.79 Å². The molecule has 0 bridgehead atoms. The van der Waals surface area contributed by atoms with Crippen LogP contribution in [0.2, 0.25) is 0 Å². The average molecular weight is 406 g/mol. The average Bonchev–Trinajstić information content (AvgIpc) is 2.57. The molecule has 0 aliphatic rings. The van der Waals surface area contributed by atoms with E-state index in [1.807, 2.05) is 20.8 Å².